The average molecular weight is 256 g/mol. The van der Waals surface area contributed by atoms with Crippen molar-refractivity contribution in [3.8, 4) is 0 Å². The summed E-state index contributed by atoms with van der Waals surface area (Å²) in [7, 11) is 0. The Labute approximate surface area is 111 Å². The second-order valence-electron chi connectivity index (χ2n) is 5.27. The van der Waals surface area contributed by atoms with Gasteiger partial charge in [-0.2, -0.15) is 0 Å². The van der Waals surface area contributed by atoms with Crippen LogP contribution >= 0.6 is 0 Å². The molecule has 1 unspecified atom stereocenters. The molecule has 1 rings (SSSR count). The molecule has 2 N–H and O–H groups in total. The highest BCUT2D eigenvalue weighted by Crippen LogP contribution is 2.10. The number of hydrogen-bond donors (Lipinski definition) is 2. The maximum Gasteiger partial charge on any atom is 0.221 e. The lowest BCUT2D eigenvalue weighted by Crippen LogP contribution is -2.32. The third-order valence-electron chi connectivity index (χ3n) is 3.68. The van der Waals surface area contributed by atoms with Crippen molar-refractivity contribution in [1.82, 2.24) is 10.2 Å². The largest absolute Gasteiger partial charge is 0.396 e. The van der Waals surface area contributed by atoms with Crippen molar-refractivity contribution >= 4 is 5.91 Å². The van der Waals surface area contributed by atoms with Crippen LogP contribution in [0, 0.1) is 5.92 Å². The number of aliphatic hydroxyl groups excluding tert-OH is 1. The van der Waals surface area contributed by atoms with E-state index in [0.717, 1.165) is 38.9 Å². The summed E-state index contributed by atoms with van der Waals surface area (Å²) in [5.41, 5.74) is 0. The zero-order valence-electron chi connectivity index (χ0n) is 11.7. The van der Waals surface area contributed by atoms with Crippen LogP contribution in [0.3, 0.4) is 0 Å². The predicted molar refractivity (Wildman–Crippen MR) is 73.4 cm³/mol. The number of rotatable bonds is 9. The Balaban J connectivity index is 2.10. The Kier molecular flexibility index (Phi) is 8.01. The van der Waals surface area contributed by atoms with Gasteiger partial charge in [0, 0.05) is 26.1 Å². The normalized spacial score (nSPS) is 17.9. The topological polar surface area (TPSA) is 52.6 Å². The van der Waals surface area contributed by atoms with Gasteiger partial charge in [0.15, 0.2) is 0 Å². The van der Waals surface area contributed by atoms with Crippen LogP contribution in [0.25, 0.3) is 0 Å². The third-order valence-corrected chi connectivity index (χ3v) is 3.68. The maximum absolute atomic E-state index is 11.7. The lowest BCUT2D eigenvalue weighted by molar-refractivity contribution is -0.121. The molecule has 0 radical (unpaired) electrons. The van der Waals surface area contributed by atoms with Crippen LogP contribution in [-0.4, -0.2) is 48.7 Å². The molecule has 18 heavy (non-hydrogen) atoms. The van der Waals surface area contributed by atoms with E-state index in [-0.39, 0.29) is 12.5 Å². The average Bonchev–Trinajstić information content (AvgIpc) is 2.87. The molecule has 0 bridgehead atoms. The molecule has 0 saturated carbocycles. The standard InChI is InChI=1S/C14H28N2O2/c1-2-5-13(7-11-17)12-15-14(18)6-10-16-8-3-4-9-16/h13,17H,2-12H2,1H3,(H,15,18). The van der Waals surface area contributed by atoms with Gasteiger partial charge in [0.2, 0.25) is 5.91 Å². The fourth-order valence-electron chi connectivity index (χ4n) is 2.55. The van der Waals surface area contributed by atoms with E-state index in [0.29, 0.717) is 18.9 Å². The van der Waals surface area contributed by atoms with Crippen molar-refractivity contribution in [2.75, 3.05) is 32.8 Å². The number of carbonyl (C=O) groups excluding carboxylic acids is 1. The quantitative estimate of drug-likeness (QED) is 0.655. The smallest absolute Gasteiger partial charge is 0.221 e. The Hall–Kier alpha value is -0.610. The van der Waals surface area contributed by atoms with Gasteiger partial charge in [-0.15, -0.1) is 0 Å². The molecule has 0 aromatic rings. The van der Waals surface area contributed by atoms with Gasteiger partial charge in [0.05, 0.1) is 0 Å². The highest BCUT2D eigenvalue weighted by atomic mass is 16.3. The molecule has 1 fully saturated rings. The van der Waals surface area contributed by atoms with Crippen LogP contribution in [0.4, 0.5) is 0 Å². The first-order valence-electron chi connectivity index (χ1n) is 7.36. The van der Waals surface area contributed by atoms with Gasteiger partial charge in [-0.25, -0.2) is 0 Å². The van der Waals surface area contributed by atoms with Crippen LogP contribution < -0.4 is 5.32 Å². The minimum atomic E-state index is 0.154. The number of hydrogen-bond acceptors (Lipinski definition) is 3. The number of amides is 1. The molecule has 1 atom stereocenters. The van der Waals surface area contributed by atoms with Crippen molar-refractivity contribution in [2.45, 2.75) is 45.4 Å². The molecular weight excluding hydrogens is 228 g/mol. The summed E-state index contributed by atoms with van der Waals surface area (Å²) in [6, 6.07) is 0. The first-order valence-corrected chi connectivity index (χ1v) is 7.36. The van der Waals surface area contributed by atoms with E-state index in [4.69, 9.17) is 5.11 Å². The van der Waals surface area contributed by atoms with Gasteiger partial charge in [0.1, 0.15) is 0 Å². The first kappa shape index (κ1) is 15.4. The zero-order valence-corrected chi connectivity index (χ0v) is 11.7. The second kappa shape index (κ2) is 9.34. The second-order valence-corrected chi connectivity index (χ2v) is 5.27. The van der Waals surface area contributed by atoms with E-state index < -0.39 is 0 Å². The number of aliphatic hydroxyl groups is 1. The van der Waals surface area contributed by atoms with Crippen LogP contribution in [0.2, 0.25) is 0 Å². The van der Waals surface area contributed by atoms with E-state index in [1.807, 2.05) is 0 Å². The minimum Gasteiger partial charge on any atom is -0.396 e. The van der Waals surface area contributed by atoms with Crippen molar-refractivity contribution in [3.05, 3.63) is 0 Å². The Bertz CT molecular complexity index is 222. The molecule has 1 amide bonds. The lowest BCUT2D eigenvalue weighted by Gasteiger charge is -2.17. The van der Waals surface area contributed by atoms with Crippen LogP contribution in [0.5, 0.6) is 0 Å². The highest BCUT2D eigenvalue weighted by Gasteiger charge is 2.13. The summed E-state index contributed by atoms with van der Waals surface area (Å²) >= 11 is 0. The molecule has 1 saturated heterocycles. The van der Waals surface area contributed by atoms with Crippen molar-refractivity contribution in [2.24, 2.45) is 5.92 Å². The lowest BCUT2D eigenvalue weighted by atomic mass is 10.0. The van der Waals surface area contributed by atoms with E-state index in [1.54, 1.807) is 0 Å². The van der Waals surface area contributed by atoms with E-state index in [2.05, 4.69) is 17.1 Å². The fourth-order valence-corrected chi connectivity index (χ4v) is 2.55. The fraction of sp³-hybridized carbons (Fsp3) is 0.929. The van der Waals surface area contributed by atoms with Crippen LogP contribution in [0.15, 0.2) is 0 Å². The Morgan fingerprint density at radius 1 is 1.33 bits per heavy atom. The predicted octanol–water partition coefficient (Wildman–Crippen LogP) is 1.39. The molecule has 4 nitrogen and oxygen atoms in total. The van der Waals surface area contributed by atoms with Gasteiger partial charge < -0.3 is 15.3 Å². The molecule has 0 spiro atoms. The molecule has 4 heteroatoms. The monoisotopic (exact) mass is 256 g/mol. The summed E-state index contributed by atoms with van der Waals surface area (Å²) in [6.45, 7) is 6.26. The summed E-state index contributed by atoms with van der Waals surface area (Å²) < 4.78 is 0. The number of likely N-dealkylation sites (tertiary alicyclic amines) is 1. The first-order chi connectivity index (χ1) is 8.76. The van der Waals surface area contributed by atoms with Crippen LogP contribution in [-0.2, 0) is 4.79 Å². The summed E-state index contributed by atoms with van der Waals surface area (Å²) in [5.74, 6) is 0.580. The van der Waals surface area contributed by atoms with Gasteiger partial charge in [-0.05, 0) is 44.7 Å². The molecule has 0 aliphatic carbocycles. The maximum atomic E-state index is 11.7. The summed E-state index contributed by atoms with van der Waals surface area (Å²) in [4.78, 5) is 14.1. The molecular formula is C14H28N2O2. The van der Waals surface area contributed by atoms with Gasteiger partial charge in [-0.3, -0.25) is 4.79 Å². The van der Waals surface area contributed by atoms with Gasteiger partial charge >= 0.3 is 0 Å². The van der Waals surface area contributed by atoms with Gasteiger partial charge in [-0.1, -0.05) is 13.3 Å². The zero-order chi connectivity index (χ0) is 13.2. The van der Waals surface area contributed by atoms with Crippen molar-refractivity contribution < 1.29 is 9.90 Å². The van der Waals surface area contributed by atoms with Crippen molar-refractivity contribution in [1.29, 1.82) is 0 Å². The molecule has 0 aromatic heterocycles. The number of nitrogens with one attached hydrogen (secondary N) is 1. The van der Waals surface area contributed by atoms with E-state index in [9.17, 15) is 4.79 Å². The molecule has 106 valence electrons. The number of carbonyl (C=O) groups is 1. The van der Waals surface area contributed by atoms with Crippen molar-refractivity contribution in [3.63, 3.8) is 0 Å². The van der Waals surface area contributed by atoms with Crippen LogP contribution in [0.1, 0.15) is 45.4 Å². The summed E-state index contributed by atoms with van der Waals surface area (Å²) in [6.07, 6.45) is 6.13. The molecule has 1 aliphatic rings. The third kappa shape index (κ3) is 6.36. The van der Waals surface area contributed by atoms with Gasteiger partial charge in [0.25, 0.3) is 0 Å². The number of nitrogens with zero attached hydrogens (tertiary/aromatic N) is 1. The Morgan fingerprint density at radius 3 is 2.67 bits per heavy atom. The SMILES string of the molecule is CCCC(CCO)CNC(=O)CCN1CCCC1. The molecule has 0 aromatic carbocycles. The highest BCUT2D eigenvalue weighted by molar-refractivity contribution is 5.76. The summed E-state index contributed by atoms with van der Waals surface area (Å²) in [5, 5.41) is 12.0. The van der Waals surface area contributed by atoms with E-state index in [1.165, 1.54) is 12.8 Å². The molecule has 1 aliphatic heterocycles. The Morgan fingerprint density at radius 2 is 2.06 bits per heavy atom. The molecule has 1 heterocycles. The minimum absolute atomic E-state index is 0.154. The van der Waals surface area contributed by atoms with E-state index >= 15 is 0 Å².